The molecule has 2 heterocycles. The van der Waals surface area contributed by atoms with Crippen LogP contribution in [0, 0.1) is 6.92 Å². The summed E-state index contributed by atoms with van der Waals surface area (Å²) < 4.78 is 43.5. The molecule has 6 nitrogen and oxygen atoms in total. The molecular formula is C17H12ClF3N4O2. The Balaban J connectivity index is 1.81. The Labute approximate surface area is 156 Å². The van der Waals surface area contributed by atoms with Crippen LogP contribution in [0.25, 0.3) is 0 Å². The molecule has 0 aliphatic carbocycles. The number of halogens is 4. The number of hydrogen-bond acceptors (Lipinski definition) is 5. The molecule has 0 saturated carbocycles. The average Bonchev–Trinajstić information content (AvgIpc) is 3.01. The summed E-state index contributed by atoms with van der Waals surface area (Å²) in [6.45, 7) is 1.67. The van der Waals surface area contributed by atoms with E-state index < -0.39 is 17.6 Å². The first-order valence-electron chi connectivity index (χ1n) is 7.57. The monoisotopic (exact) mass is 396 g/mol. The van der Waals surface area contributed by atoms with Crippen LogP contribution < -0.4 is 10.6 Å². The number of carbonyl (C=O) groups is 1. The fourth-order valence-electron chi connectivity index (χ4n) is 2.19. The van der Waals surface area contributed by atoms with Gasteiger partial charge in [-0.3, -0.25) is 9.78 Å². The maximum absolute atomic E-state index is 12.9. The van der Waals surface area contributed by atoms with Crippen molar-refractivity contribution in [2.24, 2.45) is 0 Å². The van der Waals surface area contributed by atoms with Crippen LogP contribution in [0.3, 0.4) is 0 Å². The lowest BCUT2D eigenvalue weighted by Crippen LogP contribution is -2.14. The molecule has 0 saturated heterocycles. The molecular weight excluding hydrogens is 385 g/mol. The summed E-state index contributed by atoms with van der Waals surface area (Å²) in [5.74, 6) is 0.188. The van der Waals surface area contributed by atoms with E-state index in [2.05, 4.69) is 20.8 Å². The van der Waals surface area contributed by atoms with E-state index in [1.807, 2.05) is 0 Å². The molecule has 1 amide bonds. The Kier molecular flexibility index (Phi) is 5.04. The van der Waals surface area contributed by atoms with E-state index in [1.54, 1.807) is 6.92 Å². The normalized spacial score (nSPS) is 11.3. The van der Waals surface area contributed by atoms with Gasteiger partial charge in [-0.25, -0.2) is 0 Å². The summed E-state index contributed by atoms with van der Waals surface area (Å²) in [5.41, 5.74) is -0.421. The molecule has 0 bridgehead atoms. The highest BCUT2D eigenvalue weighted by molar-refractivity contribution is 6.33. The van der Waals surface area contributed by atoms with E-state index in [0.29, 0.717) is 11.4 Å². The zero-order valence-corrected chi connectivity index (χ0v) is 14.5. The number of benzene rings is 1. The standard InChI is InChI=1S/C17H12ClF3N4O2/c1-9-6-15(25-27-9)24-16(26)14-8-11(4-5-22-14)23-13-7-10(17(19,20)21)2-3-12(13)18/h2-8H,1H3,(H,22,23)(H,24,25,26). The highest BCUT2D eigenvalue weighted by Gasteiger charge is 2.31. The van der Waals surface area contributed by atoms with Gasteiger partial charge in [-0.2, -0.15) is 13.2 Å². The molecule has 0 unspecified atom stereocenters. The summed E-state index contributed by atoms with van der Waals surface area (Å²) in [5, 5.41) is 9.01. The van der Waals surface area contributed by atoms with E-state index >= 15 is 0 Å². The number of anilines is 3. The number of pyridine rings is 1. The molecule has 3 aromatic rings. The van der Waals surface area contributed by atoms with Crippen LogP contribution in [-0.2, 0) is 6.18 Å². The molecule has 10 heteroatoms. The van der Waals surface area contributed by atoms with E-state index in [9.17, 15) is 18.0 Å². The number of amides is 1. The van der Waals surface area contributed by atoms with E-state index in [-0.39, 0.29) is 22.2 Å². The number of rotatable bonds is 4. The highest BCUT2D eigenvalue weighted by atomic mass is 35.5. The molecule has 27 heavy (non-hydrogen) atoms. The lowest BCUT2D eigenvalue weighted by atomic mass is 10.2. The Hall–Kier alpha value is -3.07. The molecule has 0 fully saturated rings. The van der Waals surface area contributed by atoms with Crippen LogP contribution in [0.5, 0.6) is 0 Å². The number of hydrogen-bond donors (Lipinski definition) is 2. The van der Waals surface area contributed by atoms with Crippen molar-refractivity contribution in [3.63, 3.8) is 0 Å². The smallest absolute Gasteiger partial charge is 0.360 e. The molecule has 0 atom stereocenters. The van der Waals surface area contributed by atoms with Crippen molar-refractivity contribution in [1.82, 2.24) is 10.1 Å². The van der Waals surface area contributed by atoms with Crippen molar-refractivity contribution in [1.29, 1.82) is 0 Å². The van der Waals surface area contributed by atoms with Gasteiger partial charge in [0.25, 0.3) is 5.91 Å². The first-order chi connectivity index (χ1) is 12.7. The van der Waals surface area contributed by atoms with Gasteiger partial charge >= 0.3 is 6.18 Å². The highest BCUT2D eigenvalue weighted by Crippen LogP contribution is 2.35. The van der Waals surface area contributed by atoms with Gasteiger partial charge < -0.3 is 15.2 Å². The second kappa shape index (κ2) is 7.28. The van der Waals surface area contributed by atoms with Gasteiger partial charge in [-0.05, 0) is 37.3 Å². The number of carbonyl (C=O) groups excluding carboxylic acids is 1. The fourth-order valence-corrected chi connectivity index (χ4v) is 2.36. The third-order valence-electron chi connectivity index (χ3n) is 3.43. The van der Waals surface area contributed by atoms with Gasteiger partial charge in [-0.15, -0.1) is 0 Å². The molecule has 1 aromatic carbocycles. The Morgan fingerprint density at radius 2 is 1.96 bits per heavy atom. The molecule has 3 rings (SSSR count). The minimum Gasteiger partial charge on any atom is -0.360 e. The van der Waals surface area contributed by atoms with Gasteiger partial charge in [-0.1, -0.05) is 16.8 Å². The molecule has 0 aliphatic heterocycles. The van der Waals surface area contributed by atoms with Crippen LogP contribution in [0.1, 0.15) is 21.8 Å². The van der Waals surface area contributed by atoms with Crippen LogP contribution in [0.4, 0.5) is 30.4 Å². The average molecular weight is 397 g/mol. The maximum atomic E-state index is 12.9. The minimum atomic E-state index is -4.50. The molecule has 0 radical (unpaired) electrons. The van der Waals surface area contributed by atoms with E-state index in [4.69, 9.17) is 16.1 Å². The molecule has 2 aromatic heterocycles. The SMILES string of the molecule is Cc1cc(NC(=O)c2cc(Nc3cc(C(F)(F)F)ccc3Cl)ccn2)no1. The number of aromatic nitrogens is 2. The molecule has 0 spiro atoms. The lowest BCUT2D eigenvalue weighted by molar-refractivity contribution is -0.137. The molecule has 0 aliphatic rings. The van der Waals surface area contributed by atoms with Crippen LogP contribution in [0.15, 0.2) is 47.1 Å². The van der Waals surface area contributed by atoms with Crippen molar-refractivity contribution in [2.45, 2.75) is 13.1 Å². The van der Waals surface area contributed by atoms with Crippen molar-refractivity contribution in [3.8, 4) is 0 Å². The summed E-state index contributed by atoms with van der Waals surface area (Å²) in [7, 11) is 0. The van der Waals surface area contributed by atoms with Crippen molar-refractivity contribution < 1.29 is 22.5 Å². The van der Waals surface area contributed by atoms with E-state index in [1.165, 1.54) is 24.4 Å². The molecule has 140 valence electrons. The van der Waals surface area contributed by atoms with Gasteiger partial charge in [0.05, 0.1) is 16.3 Å². The first-order valence-corrected chi connectivity index (χ1v) is 7.94. The summed E-state index contributed by atoms with van der Waals surface area (Å²) >= 11 is 5.96. The van der Waals surface area contributed by atoms with Crippen LogP contribution in [0.2, 0.25) is 5.02 Å². The minimum absolute atomic E-state index is 0.0313. The quantitative estimate of drug-likeness (QED) is 0.645. The predicted molar refractivity (Wildman–Crippen MR) is 93.2 cm³/mol. The molecule has 2 N–H and O–H groups in total. The Bertz CT molecular complexity index is 988. The summed E-state index contributed by atoms with van der Waals surface area (Å²) in [4.78, 5) is 16.2. The van der Waals surface area contributed by atoms with E-state index in [0.717, 1.165) is 18.2 Å². The Morgan fingerprint density at radius 3 is 2.63 bits per heavy atom. The van der Waals surface area contributed by atoms with Gasteiger partial charge in [0, 0.05) is 18.0 Å². The van der Waals surface area contributed by atoms with Gasteiger partial charge in [0.15, 0.2) is 5.82 Å². The zero-order valence-electron chi connectivity index (χ0n) is 13.8. The number of nitrogens with zero attached hydrogens (tertiary/aromatic N) is 2. The third kappa shape index (κ3) is 4.56. The zero-order chi connectivity index (χ0) is 19.6. The third-order valence-corrected chi connectivity index (χ3v) is 3.76. The lowest BCUT2D eigenvalue weighted by Gasteiger charge is -2.13. The van der Waals surface area contributed by atoms with Crippen molar-refractivity contribution in [3.05, 3.63) is 64.6 Å². The maximum Gasteiger partial charge on any atom is 0.416 e. The number of aryl methyl sites for hydroxylation is 1. The van der Waals surface area contributed by atoms with Crippen molar-refractivity contribution in [2.75, 3.05) is 10.6 Å². The topological polar surface area (TPSA) is 80.0 Å². The summed E-state index contributed by atoms with van der Waals surface area (Å²) in [6.07, 6.45) is -3.16. The predicted octanol–water partition coefficient (Wildman–Crippen LogP) is 5.05. The second-order valence-electron chi connectivity index (χ2n) is 5.52. The van der Waals surface area contributed by atoms with Crippen LogP contribution in [-0.4, -0.2) is 16.0 Å². The summed E-state index contributed by atoms with van der Waals surface area (Å²) in [6, 6.07) is 7.32. The Morgan fingerprint density at radius 1 is 1.19 bits per heavy atom. The van der Waals surface area contributed by atoms with Crippen molar-refractivity contribution >= 4 is 34.7 Å². The number of alkyl halides is 3. The largest absolute Gasteiger partial charge is 0.416 e. The number of nitrogens with one attached hydrogen (secondary N) is 2. The van der Waals surface area contributed by atoms with Crippen LogP contribution >= 0.6 is 11.6 Å². The first kappa shape index (κ1) is 18.7. The van der Waals surface area contributed by atoms with Gasteiger partial charge in [0.1, 0.15) is 11.5 Å². The van der Waals surface area contributed by atoms with Gasteiger partial charge in [0.2, 0.25) is 0 Å². The fraction of sp³-hybridized carbons (Fsp3) is 0.118. The second-order valence-corrected chi connectivity index (χ2v) is 5.93.